The Kier molecular flexibility index (Phi) is 19.9. The third-order valence-electron chi connectivity index (χ3n) is 2.25. The van der Waals surface area contributed by atoms with Gasteiger partial charge in [-0.3, -0.25) is 9.36 Å². The van der Waals surface area contributed by atoms with Crippen molar-refractivity contribution in [2.24, 2.45) is 11.8 Å². The first-order valence-corrected chi connectivity index (χ1v) is 6.34. The van der Waals surface area contributed by atoms with Crippen LogP contribution in [0.25, 0.3) is 0 Å². The zero-order chi connectivity index (χ0) is 11.8. The van der Waals surface area contributed by atoms with Crippen LogP contribution in [0, 0.1) is 24.7 Å². The average Bonchev–Trinajstić information content (AvgIpc) is 2.11. The summed E-state index contributed by atoms with van der Waals surface area (Å²) in [6.45, 7) is 7.25. The molecule has 1 aliphatic carbocycles. The van der Waals surface area contributed by atoms with Crippen molar-refractivity contribution < 1.29 is 79.5 Å². The third-order valence-corrected chi connectivity index (χ3v) is 2.25. The van der Waals surface area contributed by atoms with Crippen molar-refractivity contribution in [1.82, 2.24) is 0 Å². The van der Waals surface area contributed by atoms with E-state index in [-0.39, 0.29) is 86.0 Å². The van der Waals surface area contributed by atoms with E-state index in [1.165, 1.54) is 6.92 Å². The summed E-state index contributed by atoms with van der Waals surface area (Å²) in [6.07, 6.45) is 5.36. The number of hydrogen-bond acceptors (Lipinski definition) is 3. The Morgan fingerprint density at radius 2 is 1.82 bits per heavy atom. The van der Waals surface area contributed by atoms with Crippen molar-refractivity contribution in [3.05, 3.63) is 12.8 Å². The third kappa shape index (κ3) is 12.6. The monoisotopic (exact) mass is 408 g/mol. The number of rotatable bonds is 1. The van der Waals surface area contributed by atoms with Crippen LogP contribution in [0.4, 0.5) is 0 Å². The second-order valence-electron chi connectivity index (χ2n) is 3.71. The minimum absolute atomic E-state index is 0. The molecule has 0 aromatic rings. The molecule has 0 aromatic heterocycles. The van der Waals surface area contributed by atoms with Crippen molar-refractivity contribution in [1.29, 1.82) is 0 Å². The van der Waals surface area contributed by atoms with Crippen LogP contribution in [0.1, 0.15) is 27.2 Å². The predicted molar refractivity (Wildman–Crippen MR) is 60.6 cm³/mol. The Morgan fingerprint density at radius 3 is 2.18 bits per heavy atom. The number of esters is 1. The van der Waals surface area contributed by atoms with Crippen molar-refractivity contribution in [2.45, 2.75) is 33.3 Å². The second kappa shape index (κ2) is 14.2. The molecule has 0 saturated heterocycles. The maximum absolute atomic E-state index is 10.7. The molecule has 0 aliphatic heterocycles. The fourth-order valence-electron chi connectivity index (χ4n) is 1.61. The van der Waals surface area contributed by atoms with E-state index in [1.807, 2.05) is 0 Å². The molecule has 3 atom stereocenters. The molecule has 1 aliphatic rings. The topological polar surface area (TPSA) is 43.4 Å². The van der Waals surface area contributed by atoms with E-state index in [1.54, 1.807) is 6.66 Å². The zero-order valence-corrected chi connectivity index (χ0v) is 17.5. The molecule has 3 unspecified atom stereocenters. The van der Waals surface area contributed by atoms with Crippen LogP contribution >= 0.6 is 8.46 Å². The molecule has 0 amide bonds. The standard InChI is InChI=1S/C10H16O2.CH3OP.2Y/c1-7-4-5-10(8(2)6-7)12-9(3)11;1-3-2;;/h4,6-8,10H,5H2,1-3H3;1H3;;/q-2;;;. The van der Waals surface area contributed by atoms with Crippen molar-refractivity contribution in [3.63, 3.8) is 0 Å². The summed E-state index contributed by atoms with van der Waals surface area (Å²) < 4.78 is 14.1. The van der Waals surface area contributed by atoms with Gasteiger partial charge in [0.2, 0.25) is 0 Å². The molecule has 17 heavy (non-hydrogen) atoms. The number of ether oxygens (including phenoxy) is 1. The number of hydrogen-bond donors (Lipinski definition) is 0. The number of carbonyl (C=O) groups is 1. The molecule has 0 aromatic carbocycles. The normalized spacial score (nSPS) is 26.7. The Bertz CT molecular complexity index is 215. The van der Waals surface area contributed by atoms with E-state index in [0.29, 0.717) is 11.8 Å². The van der Waals surface area contributed by atoms with Crippen LogP contribution in [-0.4, -0.2) is 18.7 Å². The van der Waals surface area contributed by atoms with Gasteiger partial charge in [0.05, 0.1) is 6.10 Å². The fourth-order valence-corrected chi connectivity index (χ4v) is 1.61. The molecule has 0 N–H and O–H groups in total. The van der Waals surface area contributed by atoms with Gasteiger partial charge in [0, 0.05) is 79.0 Å². The van der Waals surface area contributed by atoms with Crippen molar-refractivity contribution >= 4 is 14.4 Å². The van der Waals surface area contributed by atoms with Gasteiger partial charge in [-0.1, -0.05) is 6.92 Å². The molecule has 1 saturated carbocycles. The molecular formula is C11H19O3PY2-2. The van der Waals surface area contributed by atoms with Crippen LogP contribution < -0.4 is 0 Å². The molecule has 6 heteroatoms. The Balaban J connectivity index is -0.000000356. The van der Waals surface area contributed by atoms with Gasteiger partial charge in [0.25, 0.3) is 0 Å². The molecular weight excluding hydrogens is 389 g/mol. The summed E-state index contributed by atoms with van der Waals surface area (Å²) in [6, 6.07) is 0. The van der Waals surface area contributed by atoms with Crippen molar-refractivity contribution in [2.75, 3.05) is 6.66 Å². The number of carbonyl (C=O) groups excluding carboxylic acids is 1. The maximum Gasteiger partial charge on any atom is 0.302 e. The second-order valence-corrected chi connectivity index (χ2v) is 4.08. The van der Waals surface area contributed by atoms with Gasteiger partial charge in [-0.05, 0) is 0 Å². The first kappa shape index (κ1) is 23.8. The van der Waals surface area contributed by atoms with E-state index in [4.69, 9.17) is 9.30 Å². The molecule has 0 heterocycles. The van der Waals surface area contributed by atoms with Gasteiger partial charge < -0.3 is 23.5 Å². The summed E-state index contributed by atoms with van der Waals surface area (Å²) in [5, 5.41) is 0. The molecule has 2 radical (unpaired) electrons. The van der Waals surface area contributed by atoms with Gasteiger partial charge in [-0.2, -0.15) is 0 Å². The van der Waals surface area contributed by atoms with Crippen LogP contribution in [0.2, 0.25) is 0 Å². The smallest absolute Gasteiger partial charge is 0.302 e. The summed E-state index contributed by atoms with van der Waals surface area (Å²) in [5.74, 6) is 0.754. The first-order chi connectivity index (χ1) is 7.01. The van der Waals surface area contributed by atoms with Gasteiger partial charge in [0.1, 0.15) is 0 Å². The van der Waals surface area contributed by atoms with Crippen LogP contribution in [0.3, 0.4) is 0 Å². The summed E-state index contributed by atoms with van der Waals surface area (Å²) >= 11 is 0. The quantitative estimate of drug-likeness (QED) is 0.381. The van der Waals surface area contributed by atoms with Gasteiger partial charge >= 0.3 is 5.97 Å². The van der Waals surface area contributed by atoms with E-state index in [2.05, 4.69) is 26.7 Å². The Morgan fingerprint density at radius 1 is 1.35 bits per heavy atom. The molecule has 0 bridgehead atoms. The van der Waals surface area contributed by atoms with Gasteiger partial charge in [-0.15, -0.1) is 19.3 Å². The molecule has 94 valence electrons. The molecule has 1 rings (SSSR count). The fraction of sp³-hybridized carbons (Fsp3) is 0.727. The van der Waals surface area contributed by atoms with Crippen LogP contribution in [0.15, 0.2) is 0 Å². The van der Waals surface area contributed by atoms with E-state index >= 15 is 0 Å². The molecule has 1 fully saturated rings. The minimum atomic E-state index is -0.178. The minimum Gasteiger partial charge on any atom is -0.468 e. The van der Waals surface area contributed by atoms with E-state index in [9.17, 15) is 4.79 Å². The van der Waals surface area contributed by atoms with Crippen LogP contribution in [-0.2, 0) is 79.5 Å². The van der Waals surface area contributed by atoms with Crippen molar-refractivity contribution in [3.8, 4) is 0 Å². The van der Waals surface area contributed by atoms with Gasteiger partial charge in [0.15, 0.2) is 8.46 Å². The Labute approximate surface area is 157 Å². The average molecular weight is 408 g/mol. The summed E-state index contributed by atoms with van der Waals surface area (Å²) in [4.78, 5) is 10.7. The maximum atomic E-state index is 10.7. The summed E-state index contributed by atoms with van der Waals surface area (Å²) in [5.41, 5.74) is 0. The molecule has 0 spiro atoms. The zero-order valence-electron chi connectivity index (χ0n) is 10.9. The predicted octanol–water partition coefficient (Wildman–Crippen LogP) is 2.91. The van der Waals surface area contributed by atoms with Crippen LogP contribution in [0.5, 0.6) is 0 Å². The Hall–Kier alpha value is 1.78. The largest absolute Gasteiger partial charge is 0.468 e. The first-order valence-electron chi connectivity index (χ1n) is 5.08. The van der Waals surface area contributed by atoms with E-state index in [0.717, 1.165) is 6.42 Å². The van der Waals surface area contributed by atoms with E-state index < -0.39 is 0 Å². The van der Waals surface area contributed by atoms with Gasteiger partial charge in [-0.25, -0.2) is 0 Å². The SMILES string of the molecule is CC(=O)OC1C[CH-]C(C)[CH-]C1C.CP=O.[Y].[Y]. The summed E-state index contributed by atoms with van der Waals surface area (Å²) in [7, 11) is 0.167. The molecule has 3 nitrogen and oxygen atoms in total.